The summed E-state index contributed by atoms with van der Waals surface area (Å²) < 4.78 is 0. The minimum absolute atomic E-state index is 0.0642. The van der Waals surface area contributed by atoms with Crippen molar-refractivity contribution in [3.63, 3.8) is 0 Å². The molecule has 0 aromatic rings. The molecule has 0 aliphatic rings. The summed E-state index contributed by atoms with van der Waals surface area (Å²) in [5.74, 6) is 0.670. The molecular formula is C16H32O. The van der Waals surface area contributed by atoms with Gasteiger partial charge in [-0.2, -0.15) is 0 Å². The molecule has 1 nitrogen and oxygen atoms in total. The molecule has 0 bridgehead atoms. The molecule has 0 aromatic carbocycles. The lowest BCUT2D eigenvalue weighted by Gasteiger charge is -2.14. The van der Waals surface area contributed by atoms with Crippen molar-refractivity contribution < 1.29 is 5.11 Å². The first-order valence-corrected chi connectivity index (χ1v) is 7.49. The fourth-order valence-corrected chi connectivity index (χ4v) is 2.12. The van der Waals surface area contributed by atoms with Gasteiger partial charge in [0.25, 0.3) is 0 Å². The Hall–Kier alpha value is -0.300. The first-order chi connectivity index (χ1) is 8.20. The largest absolute Gasteiger partial charge is 0.393 e. The van der Waals surface area contributed by atoms with Gasteiger partial charge in [-0.25, -0.2) is 0 Å². The number of unbranched alkanes of at least 4 members (excludes halogenated alkanes) is 6. The third kappa shape index (κ3) is 12.0. The van der Waals surface area contributed by atoms with E-state index in [9.17, 15) is 5.11 Å². The van der Waals surface area contributed by atoms with E-state index in [0.717, 1.165) is 19.3 Å². The summed E-state index contributed by atoms with van der Waals surface area (Å²) in [7, 11) is 0. The van der Waals surface area contributed by atoms with E-state index in [0.29, 0.717) is 5.92 Å². The number of rotatable bonds is 12. The maximum atomic E-state index is 9.81. The Morgan fingerprint density at radius 3 is 2.24 bits per heavy atom. The van der Waals surface area contributed by atoms with Crippen LogP contribution in [-0.4, -0.2) is 11.2 Å². The van der Waals surface area contributed by atoms with E-state index >= 15 is 0 Å². The van der Waals surface area contributed by atoms with E-state index in [1.165, 1.54) is 44.9 Å². The molecule has 0 heterocycles. The highest BCUT2D eigenvalue weighted by atomic mass is 16.3. The molecule has 0 fully saturated rings. The van der Waals surface area contributed by atoms with Crippen molar-refractivity contribution in [1.29, 1.82) is 0 Å². The van der Waals surface area contributed by atoms with Gasteiger partial charge in [-0.1, -0.05) is 58.4 Å². The highest BCUT2D eigenvalue weighted by Gasteiger charge is 2.08. The van der Waals surface area contributed by atoms with Crippen LogP contribution >= 0.6 is 0 Å². The zero-order valence-corrected chi connectivity index (χ0v) is 12.0. The fourth-order valence-electron chi connectivity index (χ4n) is 2.12. The SMILES string of the molecule is C=CCCCCCCCCC(O)CC(C)CC. The smallest absolute Gasteiger partial charge is 0.0542 e. The monoisotopic (exact) mass is 240 g/mol. The van der Waals surface area contributed by atoms with Crippen LogP contribution in [0.3, 0.4) is 0 Å². The molecule has 0 spiro atoms. The summed E-state index contributed by atoms with van der Waals surface area (Å²) in [5, 5.41) is 9.81. The second-order valence-corrected chi connectivity index (χ2v) is 5.39. The molecule has 0 saturated heterocycles. The summed E-state index contributed by atoms with van der Waals surface area (Å²) in [6.45, 7) is 8.15. The first kappa shape index (κ1) is 16.7. The second-order valence-electron chi connectivity index (χ2n) is 5.39. The van der Waals surface area contributed by atoms with E-state index in [-0.39, 0.29) is 6.10 Å². The van der Waals surface area contributed by atoms with Crippen LogP contribution in [0.25, 0.3) is 0 Å². The van der Waals surface area contributed by atoms with Gasteiger partial charge in [0.1, 0.15) is 0 Å². The molecule has 0 radical (unpaired) electrons. The van der Waals surface area contributed by atoms with Gasteiger partial charge < -0.3 is 5.11 Å². The minimum Gasteiger partial charge on any atom is -0.393 e. The Morgan fingerprint density at radius 1 is 1.06 bits per heavy atom. The molecule has 2 unspecified atom stereocenters. The zero-order valence-electron chi connectivity index (χ0n) is 12.0. The van der Waals surface area contributed by atoms with E-state index in [1.54, 1.807) is 0 Å². The molecule has 17 heavy (non-hydrogen) atoms. The molecule has 2 atom stereocenters. The Morgan fingerprint density at radius 2 is 1.65 bits per heavy atom. The lowest BCUT2D eigenvalue weighted by Crippen LogP contribution is -2.11. The summed E-state index contributed by atoms with van der Waals surface area (Å²) >= 11 is 0. The van der Waals surface area contributed by atoms with Gasteiger partial charge in [-0.15, -0.1) is 6.58 Å². The van der Waals surface area contributed by atoms with Crippen LogP contribution in [-0.2, 0) is 0 Å². The molecule has 0 saturated carbocycles. The summed E-state index contributed by atoms with van der Waals surface area (Å²) in [5.41, 5.74) is 0. The van der Waals surface area contributed by atoms with Gasteiger partial charge in [-0.3, -0.25) is 0 Å². The lowest BCUT2D eigenvalue weighted by atomic mass is 9.97. The molecule has 0 rings (SSSR count). The van der Waals surface area contributed by atoms with Crippen LogP contribution in [0.15, 0.2) is 12.7 Å². The lowest BCUT2D eigenvalue weighted by molar-refractivity contribution is 0.132. The van der Waals surface area contributed by atoms with Crippen LogP contribution in [0.5, 0.6) is 0 Å². The van der Waals surface area contributed by atoms with Gasteiger partial charge in [0.2, 0.25) is 0 Å². The highest BCUT2D eigenvalue weighted by molar-refractivity contribution is 4.65. The Labute approximate surface area is 108 Å². The third-order valence-corrected chi connectivity index (χ3v) is 3.57. The predicted molar refractivity (Wildman–Crippen MR) is 77.2 cm³/mol. The second kappa shape index (κ2) is 12.2. The topological polar surface area (TPSA) is 20.2 Å². The first-order valence-electron chi connectivity index (χ1n) is 7.49. The van der Waals surface area contributed by atoms with Gasteiger partial charge in [-0.05, 0) is 31.6 Å². The molecule has 0 amide bonds. The third-order valence-electron chi connectivity index (χ3n) is 3.57. The zero-order chi connectivity index (χ0) is 12.9. The Kier molecular flexibility index (Phi) is 12.0. The van der Waals surface area contributed by atoms with E-state index in [1.807, 2.05) is 6.08 Å². The quantitative estimate of drug-likeness (QED) is 0.372. The van der Waals surface area contributed by atoms with Crippen molar-refractivity contribution in [3.05, 3.63) is 12.7 Å². The van der Waals surface area contributed by atoms with Crippen LogP contribution < -0.4 is 0 Å². The van der Waals surface area contributed by atoms with Crippen molar-refractivity contribution >= 4 is 0 Å². The number of allylic oxidation sites excluding steroid dienone is 1. The maximum absolute atomic E-state index is 9.81. The van der Waals surface area contributed by atoms with Gasteiger partial charge >= 0.3 is 0 Å². The van der Waals surface area contributed by atoms with Crippen molar-refractivity contribution in [2.24, 2.45) is 5.92 Å². The molecule has 1 heteroatoms. The standard InChI is InChI=1S/C16H32O/c1-4-6-7-8-9-10-11-12-13-16(17)14-15(3)5-2/h4,15-17H,1,5-14H2,2-3H3. The van der Waals surface area contributed by atoms with Crippen LogP contribution in [0, 0.1) is 5.92 Å². The normalized spacial score (nSPS) is 14.5. The summed E-state index contributed by atoms with van der Waals surface area (Å²) in [4.78, 5) is 0. The molecule has 102 valence electrons. The van der Waals surface area contributed by atoms with Crippen molar-refractivity contribution in [2.75, 3.05) is 0 Å². The average Bonchev–Trinajstić information content (AvgIpc) is 2.32. The summed E-state index contributed by atoms with van der Waals surface area (Å²) in [6, 6.07) is 0. The van der Waals surface area contributed by atoms with Crippen LogP contribution in [0.1, 0.15) is 78.1 Å². The van der Waals surface area contributed by atoms with Gasteiger partial charge in [0.15, 0.2) is 0 Å². The van der Waals surface area contributed by atoms with Crippen LogP contribution in [0.2, 0.25) is 0 Å². The van der Waals surface area contributed by atoms with Gasteiger partial charge in [0, 0.05) is 0 Å². The molecule has 0 aliphatic carbocycles. The average molecular weight is 240 g/mol. The molecule has 0 aromatic heterocycles. The molecule has 1 N–H and O–H groups in total. The Balaban J connectivity index is 3.18. The van der Waals surface area contributed by atoms with E-state index in [2.05, 4.69) is 20.4 Å². The minimum atomic E-state index is -0.0642. The molecular weight excluding hydrogens is 208 g/mol. The Bertz CT molecular complexity index is 165. The van der Waals surface area contributed by atoms with Crippen molar-refractivity contribution in [2.45, 2.75) is 84.2 Å². The highest BCUT2D eigenvalue weighted by Crippen LogP contribution is 2.15. The van der Waals surface area contributed by atoms with E-state index < -0.39 is 0 Å². The molecule has 0 aliphatic heterocycles. The number of aliphatic hydroxyl groups excluding tert-OH is 1. The van der Waals surface area contributed by atoms with Crippen molar-refractivity contribution in [3.8, 4) is 0 Å². The van der Waals surface area contributed by atoms with Crippen LogP contribution in [0.4, 0.5) is 0 Å². The number of hydrogen-bond donors (Lipinski definition) is 1. The van der Waals surface area contributed by atoms with Gasteiger partial charge in [0.05, 0.1) is 6.10 Å². The summed E-state index contributed by atoms with van der Waals surface area (Å²) in [6.07, 6.45) is 14.0. The maximum Gasteiger partial charge on any atom is 0.0542 e. The number of aliphatic hydroxyl groups is 1. The predicted octanol–water partition coefficient (Wildman–Crippen LogP) is 5.09. The number of hydrogen-bond acceptors (Lipinski definition) is 1. The van der Waals surface area contributed by atoms with Crippen molar-refractivity contribution in [1.82, 2.24) is 0 Å². The fraction of sp³-hybridized carbons (Fsp3) is 0.875. The van der Waals surface area contributed by atoms with E-state index in [4.69, 9.17) is 0 Å².